The van der Waals surface area contributed by atoms with Crippen molar-refractivity contribution in [2.24, 2.45) is 0 Å². The molecule has 1 saturated heterocycles. The molecule has 1 fully saturated rings. The molecule has 4 nitrogen and oxygen atoms in total. The highest BCUT2D eigenvalue weighted by atomic mass is 16.4. The Bertz CT molecular complexity index is 226. The van der Waals surface area contributed by atoms with Crippen molar-refractivity contribution in [3.8, 4) is 6.07 Å². The SMILES string of the molecule is N#CC[N+]1(CC(=O)[O-])CCCCC1. The molecule has 0 atom stereocenters. The van der Waals surface area contributed by atoms with E-state index in [1.807, 2.05) is 0 Å². The number of hydrogen-bond acceptors (Lipinski definition) is 3. The number of carbonyl (C=O) groups excluding carboxylic acids is 1. The Morgan fingerprint density at radius 3 is 2.46 bits per heavy atom. The molecule has 0 spiro atoms. The molecule has 1 aliphatic rings. The first-order chi connectivity index (χ1) is 6.18. The van der Waals surface area contributed by atoms with Crippen LogP contribution < -0.4 is 5.11 Å². The molecular formula is C9H14N2O2. The lowest BCUT2D eigenvalue weighted by Crippen LogP contribution is -2.56. The smallest absolute Gasteiger partial charge is 0.166 e. The maximum atomic E-state index is 10.5. The average Bonchev–Trinajstić information content (AvgIpc) is 2.04. The van der Waals surface area contributed by atoms with Crippen molar-refractivity contribution in [3.63, 3.8) is 0 Å². The molecule has 0 N–H and O–H groups in total. The Morgan fingerprint density at radius 2 is 2.00 bits per heavy atom. The minimum Gasteiger partial charge on any atom is -0.544 e. The summed E-state index contributed by atoms with van der Waals surface area (Å²) in [5.74, 6) is -1.04. The van der Waals surface area contributed by atoms with E-state index in [1.165, 1.54) is 0 Å². The fourth-order valence-electron chi connectivity index (χ4n) is 1.98. The number of likely N-dealkylation sites (tertiary alicyclic amines) is 1. The van der Waals surface area contributed by atoms with Gasteiger partial charge >= 0.3 is 0 Å². The van der Waals surface area contributed by atoms with Gasteiger partial charge in [0.15, 0.2) is 6.54 Å². The Morgan fingerprint density at radius 1 is 1.38 bits per heavy atom. The molecule has 0 aromatic carbocycles. The topological polar surface area (TPSA) is 63.9 Å². The minimum atomic E-state index is -1.04. The van der Waals surface area contributed by atoms with Crippen LogP contribution in [0, 0.1) is 11.3 Å². The van der Waals surface area contributed by atoms with Gasteiger partial charge in [0.05, 0.1) is 19.1 Å². The highest BCUT2D eigenvalue weighted by Crippen LogP contribution is 2.17. The second kappa shape index (κ2) is 4.24. The molecule has 13 heavy (non-hydrogen) atoms. The Hall–Kier alpha value is -1.08. The van der Waals surface area contributed by atoms with Crippen LogP contribution in [0.1, 0.15) is 19.3 Å². The summed E-state index contributed by atoms with van der Waals surface area (Å²) in [6.07, 6.45) is 3.20. The van der Waals surface area contributed by atoms with Crippen LogP contribution in [0.15, 0.2) is 0 Å². The van der Waals surface area contributed by atoms with Gasteiger partial charge in [-0.1, -0.05) is 0 Å². The van der Waals surface area contributed by atoms with E-state index in [0.29, 0.717) is 11.0 Å². The predicted molar refractivity (Wildman–Crippen MR) is 44.2 cm³/mol. The summed E-state index contributed by atoms with van der Waals surface area (Å²) in [6, 6.07) is 2.06. The quantitative estimate of drug-likeness (QED) is 0.426. The van der Waals surface area contributed by atoms with Crippen molar-refractivity contribution >= 4 is 5.97 Å². The third-order valence-electron chi connectivity index (χ3n) is 2.64. The van der Waals surface area contributed by atoms with Gasteiger partial charge in [0.2, 0.25) is 0 Å². The zero-order chi connectivity index (χ0) is 9.73. The van der Waals surface area contributed by atoms with Gasteiger partial charge in [-0.3, -0.25) is 0 Å². The minimum absolute atomic E-state index is 0.00639. The van der Waals surface area contributed by atoms with E-state index < -0.39 is 5.97 Å². The molecule has 1 heterocycles. The highest BCUT2D eigenvalue weighted by molar-refractivity contribution is 5.65. The second-order valence-electron chi connectivity index (χ2n) is 3.70. The molecule has 1 rings (SSSR count). The van der Waals surface area contributed by atoms with Crippen LogP contribution in [-0.4, -0.2) is 36.6 Å². The van der Waals surface area contributed by atoms with Crippen LogP contribution in [0.5, 0.6) is 0 Å². The molecule has 0 radical (unpaired) electrons. The lowest BCUT2D eigenvalue weighted by atomic mass is 10.1. The summed E-state index contributed by atoms with van der Waals surface area (Å²) >= 11 is 0. The monoisotopic (exact) mass is 182 g/mol. The summed E-state index contributed by atoms with van der Waals surface area (Å²) in [6.45, 7) is 1.91. The van der Waals surface area contributed by atoms with Crippen molar-refractivity contribution < 1.29 is 14.4 Å². The fourth-order valence-corrected chi connectivity index (χ4v) is 1.98. The zero-order valence-electron chi connectivity index (χ0n) is 7.66. The summed E-state index contributed by atoms with van der Waals surface area (Å²) in [5.41, 5.74) is 0. The van der Waals surface area contributed by atoms with E-state index in [-0.39, 0.29) is 6.54 Å². The average molecular weight is 182 g/mol. The van der Waals surface area contributed by atoms with E-state index in [9.17, 15) is 9.90 Å². The molecule has 1 aliphatic heterocycles. The van der Waals surface area contributed by atoms with Crippen LogP contribution in [0.3, 0.4) is 0 Å². The summed E-state index contributed by atoms with van der Waals surface area (Å²) in [4.78, 5) is 10.5. The summed E-state index contributed by atoms with van der Waals surface area (Å²) in [5, 5.41) is 19.1. The number of nitriles is 1. The largest absolute Gasteiger partial charge is 0.544 e. The Balaban J connectivity index is 2.62. The lowest BCUT2D eigenvalue weighted by molar-refractivity contribution is -0.920. The third-order valence-corrected chi connectivity index (χ3v) is 2.64. The van der Waals surface area contributed by atoms with E-state index >= 15 is 0 Å². The van der Waals surface area contributed by atoms with Crippen molar-refractivity contribution in [1.29, 1.82) is 5.26 Å². The van der Waals surface area contributed by atoms with Gasteiger partial charge in [-0.15, -0.1) is 0 Å². The van der Waals surface area contributed by atoms with Gasteiger partial charge in [0.1, 0.15) is 12.6 Å². The molecule has 4 heteroatoms. The molecule has 0 bridgehead atoms. The first kappa shape index (κ1) is 10.0. The van der Waals surface area contributed by atoms with E-state index in [2.05, 4.69) is 6.07 Å². The third kappa shape index (κ3) is 2.71. The van der Waals surface area contributed by atoms with E-state index in [1.54, 1.807) is 0 Å². The van der Waals surface area contributed by atoms with Gasteiger partial charge in [-0.25, -0.2) is 0 Å². The Kier molecular flexibility index (Phi) is 3.26. The van der Waals surface area contributed by atoms with Crippen LogP contribution in [-0.2, 0) is 4.79 Å². The van der Waals surface area contributed by atoms with Crippen molar-refractivity contribution in [1.82, 2.24) is 0 Å². The predicted octanol–water partition coefficient (Wildman–Crippen LogP) is -0.739. The van der Waals surface area contributed by atoms with Crippen molar-refractivity contribution in [2.75, 3.05) is 26.2 Å². The molecule has 0 aliphatic carbocycles. The zero-order valence-corrected chi connectivity index (χ0v) is 7.66. The molecular weight excluding hydrogens is 168 g/mol. The van der Waals surface area contributed by atoms with Gasteiger partial charge in [0.25, 0.3) is 0 Å². The number of hydrogen-bond donors (Lipinski definition) is 0. The van der Waals surface area contributed by atoms with Gasteiger partial charge in [0, 0.05) is 0 Å². The fraction of sp³-hybridized carbons (Fsp3) is 0.778. The number of piperidine rings is 1. The molecule has 0 unspecified atom stereocenters. The number of rotatable bonds is 3. The van der Waals surface area contributed by atoms with Crippen molar-refractivity contribution in [3.05, 3.63) is 0 Å². The number of quaternary nitrogens is 1. The van der Waals surface area contributed by atoms with Crippen molar-refractivity contribution in [2.45, 2.75) is 19.3 Å². The number of carbonyl (C=O) groups is 1. The molecule has 0 aromatic rings. The van der Waals surface area contributed by atoms with Crippen LogP contribution in [0.25, 0.3) is 0 Å². The molecule has 72 valence electrons. The lowest BCUT2D eigenvalue weighted by Gasteiger charge is -2.39. The normalized spacial score (nSPS) is 20.5. The number of carboxylic acids is 1. The van der Waals surface area contributed by atoms with Crippen LogP contribution >= 0.6 is 0 Å². The van der Waals surface area contributed by atoms with Gasteiger partial charge in [-0.05, 0) is 19.3 Å². The number of aliphatic carboxylic acids is 1. The van der Waals surface area contributed by atoms with E-state index in [4.69, 9.17) is 5.26 Å². The maximum Gasteiger partial charge on any atom is 0.166 e. The standard InChI is InChI=1S/C9H14N2O2/c10-4-7-11(8-9(12)13)5-2-1-3-6-11/h1-3,5-8H2. The first-order valence-electron chi connectivity index (χ1n) is 4.60. The second-order valence-corrected chi connectivity index (χ2v) is 3.70. The van der Waals surface area contributed by atoms with Gasteiger partial charge < -0.3 is 14.4 Å². The first-order valence-corrected chi connectivity index (χ1v) is 4.60. The maximum absolute atomic E-state index is 10.5. The molecule has 0 saturated carbocycles. The molecule has 0 aromatic heterocycles. The van der Waals surface area contributed by atoms with Crippen LogP contribution in [0.4, 0.5) is 0 Å². The summed E-state index contributed by atoms with van der Waals surface area (Å²) < 4.78 is 0.402. The highest BCUT2D eigenvalue weighted by Gasteiger charge is 2.29. The Labute approximate surface area is 78.0 Å². The van der Waals surface area contributed by atoms with Gasteiger partial charge in [-0.2, -0.15) is 5.26 Å². The number of nitrogens with zero attached hydrogens (tertiary/aromatic N) is 2. The number of carboxylic acid groups (broad SMARTS) is 1. The van der Waals surface area contributed by atoms with Crippen LogP contribution in [0.2, 0.25) is 0 Å². The van der Waals surface area contributed by atoms with E-state index in [0.717, 1.165) is 32.4 Å². The molecule has 0 amide bonds. The summed E-state index contributed by atoms with van der Waals surface area (Å²) in [7, 11) is 0.